The lowest BCUT2D eigenvalue weighted by Gasteiger charge is -2.11. The number of H-pyrrole nitrogens is 1. The molecule has 1 aromatic heterocycles. The van der Waals surface area contributed by atoms with Gasteiger partial charge < -0.3 is 11.1 Å². The maximum Gasteiger partial charge on any atom is 0.227 e. The van der Waals surface area contributed by atoms with Crippen molar-refractivity contribution in [2.75, 3.05) is 11.9 Å². The topological polar surface area (TPSA) is 83.8 Å². The molecule has 1 amide bonds. The number of carbonyl (C=O) groups excluding carboxylic acids is 1. The monoisotopic (exact) mass is 258 g/mol. The summed E-state index contributed by atoms with van der Waals surface area (Å²) in [6.45, 7) is 2.40. The smallest absolute Gasteiger partial charge is 0.227 e. The van der Waals surface area contributed by atoms with E-state index in [2.05, 4.69) is 15.5 Å². The van der Waals surface area contributed by atoms with Gasteiger partial charge in [-0.05, 0) is 36.7 Å². The molecule has 1 unspecified atom stereocenters. The lowest BCUT2D eigenvalue weighted by molar-refractivity contribution is -0.119. The lowest BCUT2D eigenvalue weighted by Crippen LogP contribution is -2.22. The van der Waals surface area contributed by atoms with Crippen molar-refractivity contribution in [3.05, 3.63) is 36.5 Å². The van der Waals surface area contributed by atoms with E-state index in [9.17, 15) is 4.79 Å². The number of rotatable bonds is 5. The van der Waals surface area contributed by atoms with Crippen molar-refractivity contribution in [2.45, 2.75) is 13.3 Å². The molecule has 1 heterocycles. The van der Waals surface area contributed by atoms with E-state index < -0.39 is 0 Å². The first kappa shape index (κ1) is 13.3. The first-order valence-electron chi connectivity index (χ1n) is 6.31. The van der Waals surface area contributed by atoms with Crippen LogP contribution in [0.15, 0.2) is 36.5 Å². The minimum Gasteiger partial charge on any atom is -0.330 e. The van der Waals surface area contributed by atoms with Crippen LogP contribution < -0.4 is 11.1 Å². The molecule has 1 atom stereocenters. The number of nitrogens with zero attached hydrogens (tertiary/aromatic N) is 1. The number of anilines is 1. The molecule has 0 saturated carbocycles. The zero-order chi connectivity index (χ0) is 13.7. The molecule has 0 saturated heterocycles. The van der Waals surface area contributed by atoms with Crippen LogP contribution in [0.3, 0.4) is 0 Å². The fourth-order valence-corrected chi connectivity index (χ4v) is 1.80. The van der Waals surface area contributed by atoms with Crippen LogP contribution in [0.2, 0.25) is 0 Å². The van der Waals surface area contributed by atoms with Gasteiger partial charge in [0.25, 0.3) is 0 Å². The van der Waals surface area contributed by atoms with Crippen LogP contribution in [-0.2, 0) is 4.79 Å². The molecule has 100 valence electrons. The van der Waals surface area contributed by atoms with E-state index in [1.807, 2.05) is 37.3 Å². The van der Waals surface area contributed by atoms with Gasteiger partial charge in [0.1, 0.15) is 0 Å². The third-order valence-electron chi connectivity index (χ3n) is 3.01. The molecule has 0 radical (unpaired) electrons. The van der Waals surface area contributed by atoms with E-state index in [0.717, 1.165) is 16.9 Å². The van der Waals surface area contributed by atoms with Gasteiger partial charge in [0.05, 0.1) is 5.69 Å². The Hall–Kier alpha value is -2.14. The Kier molecular flexibility index (Phi) is 4.30. The summed E-state index contributed by atoms with van der Waals surface area (Å²) in [6, 6.07) is 9.54. The minimum atomic E-state index is -0.0720. The molecule has 2 aromatic rings. The number of hydrogen-bond donors (Lipinski definition) is 3. The van der Waals surface area contributed by atoms with Gasteiger partial charge in [-0.3, -0.25) is 9.89 Å². The van der Waals surface area contributed by atoms with Gasteiger partial charge >= 0.3 is 0 Å². The van der Waals surface area contributed by atoms with Crippen molar-refractivity contribution in [1.82, 2.24) is 10.2 Å². The third-order valence-corrected chi connectivity index (χ3v) is 3.01. The van der Waals surface area contributed by atoms with Crippen molar-refractivity contribution in [1.29, 1.82) is 0 Å². The highest BCUT2D eigenvalue weighted by Crippen LogP contribution is 2.19. The summed E-state index contributed by atoms with van der Waals surface area (Å²) in [5.41, 5.74) is 8.22. The van der Waals surface area contributed by atoms with Crippen LogP contribution in [0.5, 0.6) is 0 Å². The normalized spacial score (nSPS) is 12.1. The number of benzene rings is 1. The standard InChI is InChI=1S/C14H18N4O/c1-10(6-8-15)14(19)17-12-4-2-11(3-5-12)13-7-9-16-18-13/h2-5,7,9-10H,6,8,15H2,1H3,(H,16,18)(H,17,19). The lowest BCUT2D eigenvalue weighted by atomic mass is 10.1. The Morgan fingerprint density at radius 2 is 2.11 bits per heavy atom. The Bertz CT molecular complexity index is 519. The number of aromatic amines is 1. The number of nitrogens with two attached hydrogens (primary N) is 1. The van der Waals surface area contributed by atoms with E-state index in [4.69, 9.17) is 5.73 Å². The van der Waals surface area contributed by atoms with E-state index in [-0.39, 0.29) is 11.8 Å². The Balaban J connectivity index is 2.01. The summed E-state index contributed by atoms with van der Waals surface area (Å²) in [5.74, 6) is -0.0722. The Morgan fingerprint density at radius 3 is 2.68 bits per heavy atom. The number of carbonyl (C=O) groups is 1. The van der Waals surface area contributed by atoms with Crippen molar-refractivity contribution in [2.24, 2.45) is 11.7 Å². The summed E-state index contributed by atoms with van der Waals surface area (Å²) in [4.78, 5) is 11.8. The summed E-state index contributed by atoms with van der Waals surface area (Å²) in [6.07, 6.45) is 2.40. The van der Waals surface area contributed by atoms with E-state index >= 15 is 0 Å². The van der Waals surface area contributed by atoms with Crippen molar-refractivity contribution in [3.63, 3.8) is 0 Å². The zero-order valence-electron chi connectivity index (χ0n) is 10.9. The van der Waals surface area contributed by atoms with Gasteiger partial charge in [0, 0.05) is 17.8 Å². The summed E-state index contributed by atoms with van der Waals surface area (Å²) >= 11 is 0. The van der Waals surface area contributed by atoms with E-state index in [1.165, 1.54) is 0 Å². The van der Waals surface area contributed by atoms with E-state index in [0.29, 0.717) is 13.0 Å². The molecular weight excluding hydrogens is 240 g/mol. The molecular formula is C14H18N4O. The van der Waals surface area contributed by atoms with Gasteiger partial charge in [-0.2, -0.15) is 5.10 Å². The first-order valence-corrected chi connectivity index (χ1v) is 6.31. The molecule has 2 rings (SSSR count). The van der Waals surface area contributed by atoms with Crippen molar-refractivity contribution >= 4 is 11.6 Å². The van der Waals surface area contributed by atoms with Crippen LogP contribution in [0.25, 0.3) is 11.3 Å². The Labute approximate surface area is 112 Å². The first-order chi connectivity index (χ1) is 9.20. The fraction of sp³-hybridized carbons (Fsp3) is 0.286. The second-order valence-electron chi connectivity index (χ2n) is 4.52. The van der Waals surface area contributed by atoms with Crippen molar-refractivity contribution in [3.8, 4) is 11.3 Å². The molecule has 0 aliphatic rings. The number of hydrogen-bond acceptors (Lipinski definition) is 3. The zero-order valence-corrected chi connectivity index (χ0v) is 10.9. The summed E-state index contributed by atoms with van der Waals surface area (Å²) < 4.78 is 0. The average Bonchev–Trinajstić information content (AvgIpc) is 2.94. The SMILES string of the molecule is CC(CCN)C(=O)Nc1ccc(-c2ccn[nH]2)cc1. The molecule has 1 aromatic carbocycles. The Morgan fingerprint density at radius 1 is 1.37 bits per heavy atom. The van der Waals surface area contributed by atoms with Gasteiger partial charge in [-0.1, -0.05) is 19.1 Å². The molecule has 4 N–H and O–H groups in total. The maximum atomic E-state index is 11.8. The highest BCUT2D eigenvalue weighted by molar-refractivity contribution is 5.92. The molecule has 0 bridgehead atoms. The second kappa shape index (κ2) is 6.15. The molecule has 0 spiro atoms. The largest absolute Gasteiger partial charge is 0.330 e. The molecule has 0 aliphatic heterocycles. The van der Waals surface area contributed by atoms with Crippen LogP contribution in [0.4, 0.5) is 5.69 Å². The highest BCUT2D eigenvalue weighted by atomic mass is 16.1. The summed E-state index contributed by atoms with van der Waals surface area (Å²) in [5, 5.41) is 9.68. The van der Waals surface area contributed by atoms with Crippen LogP contribution in [0, 0.1) is 5.92 Å². The third kappa shape index (κ3) is 3.42. The van der Waals surface area contributed by atoms with Crippen LogP contribution >= 0.6 is 0 Å². The summed E-state index contributed by atoms with van der Waals surface area (Å²) in [7, 11) is 0. The molecule has 0 aliphatic carbocycles. The van der Waals surface area contributed by atoms with Crippen LogP contribution in [0.1, 0.15) is 13.3 Å². The molecule has 19 heavy (non-hydrogen) atoms. The average molecular weight is 258 g/mol. The van der Waals surface area contributed by atoms with Gasteiger partial charge in [-0.15, -0.1) is 0 Å². The molecule has 5 heteroatoms. The highest BCUT2D eigenvalue weighted by Gasteiger charge is 2.11. The second-order valence-corrected chi connectivity index (χ2v) is 4.52. The van der Waals surface area contributed by atoms with Crippen molar-refractivity contribution < 1.29 is 4.79 Å². The number of amides is 1. The number of nitrogens with one attached hydrogen (secondary N) is 2. The molecule has 0 fully saturated rings. The molecule has 5 nitrogen and oxygen atoms in total. The van der Waals surface area contributed by atoms with Gasteiger partial charge in [-0.25, -0.2) is 0 Å². The fourth-order valence-electron chi connectivity index (χ4n) is 1.80. The quantitative estimate of drug-likeness (QED) is 0.767. The predicted molar refractivity (Wildman–Crippen MR) is 75.5 cm³/mol. The van der Waals surface area contributed by atoms with Gasteiger partial charge in [0.15, 0.2) is 0 Å². The maximum absolute atomic E-state index is 11.8. The van der Waals surface area contributed by atoms with E-state index in [1.54, 1.807) is 6.20 Å². The predicted octanol–water partition coefficient (Wildman–Crippen LogP) is 2.00. The number of aromatic nitrogens is 2. The minimum absolute atomic E-state index is 0.000240. The van der Waals surface area contributed by atoms with Gasteiger partial charge in [0.2, 0.25) is 5.91 Å². The van der Waals surface area contributed by atoms with Crippen LogP contribution in [-0.4, -0.2) is 22.6 Å².